The predicted octanol–water partition coefficient (Wildman–Crippen LogP) is 2.63. The number of carboxylic acids is 3. The molecule has 0 bridgehead atoms. The Morgan fingerprint density at radius 1 is 0.514 bits per heavy atom. The van der Waals surface area contributed by atoms with Gasteiger partial charge in [0.2, 0.25) is 0 Å². The molecule has 0 saturated carbocycles. The first-order valence-corrected chi connectivity index (χ1v) is 12.1. The number of carboxylic acid groups (broad SMARTS) is 3. The van der Waals surface area contributed by atoms with E-state index in [1.54, 1.807) is 54.6 Å². The van der Waals surface area contributed by atoms with Gasteiger partial charge in [0.05, 0.1) is 17.9 Å². The number of aromatic carboxylic acids is 3. The quantitative estimate of drug-likeness (QED) is 0.403. The monoisotopic (exact) mass is 516 g/mol. The summed E-state index contributed by atoms with van der Waals surface area (Å²) in [5.41, 5.74) is 3.96. The minimum Gasteiger partial charge on any atom is -0.545 e. The van der Waals surface area contributed by atoms with Crippen LogP contribution in [0.25, 0.3) is 0 Å². The zero-order valence-electron chi connectivity index (χ0n) is 21.7. The third-order valence-electron chi connectivity index (χ3n) is 5.10. The molecular formula is C30H33AlO6. The second-order valence-electron chi connectivity index (χ2n) is 8.21. The van der Waals surface area contributed by atoms with Gasteiger partial charge < -0.3 is 29.7 Å². The van der Waals surface area contributed by atoms with E-state index in [0.29, 0.717) is 0 Å². The van der Waals surface area contributed by atoms with Crippen molar-refractivity contribution in [2.45, 2.75) is 59.3 Å². The van der Waals surface area contributed by atoms with Gasteiger partial charge in [0.15, 0.2) is 0 Å². The Hall–Kier alpha value is -3.40. The zero-order chi connectivity index (χ0) is 26.9. The van der Waals surface area contributed by atoms with E-state index in [2.05, 4.69) is 20.8 Å². The number of benzene rings is 3. The van der Waals surface area contributed by atoms with Crippen LogP contribution in [-0.2, 0) is 19.3 Å². The molecule has 37 heavy (non-hydrogen) atoms. The van der Waals surface area contributed by atoms with Crippen molar-refractivity contribution in [3.8, 4) is 0 Å². The van der Waals surface area contributed by atoms with Gasteiger partial charge in [-0.25, -0.2) is 0 Å². The van der Waals surface area contributed by atoms with Crippen molar-refractivity contribution in [3.05, 3.63) is 106 Å². The molecule has 0 radical (unpaired) electrons. The summed E-state index contributed by atoms with van der Waals surface area (Å²) in [5, 5.41) is 31.3. The van der Waals surface area contributed by atoms with Crippen molar-refractivity contribution in [2.24, 2.45) is 0 Å². The average molecular weight is 517 g/mol. The van der Waals surface area contributed by atoms with Gasteiger partial charge in [-0.05, 0) is 70.8 Å². The van der Waals surface area contributed by atoms with Gasteiger partial charge in [0.1, 0.15) is 0 Å². The fourth-order valence-electron chi connectivity index (χ4n) is 3.43. The molecule has 0 atom stereocenters. The Morgan fingerprint density at radius 2 is 0.757 bits per heavy atom. The molecule has 0 aliphatic carbocycles. The summed E-state index contributed by atoms with van der Waals surface area (Å²) in [6.45, 7) is 6.18. The topological polar surface area (TPSA) is 120 Å². The van der Waals surface area contributed by atoms with Gasteiger partial charge >= 0.3 is 17.4 Å². The average Bonchev–Trinajstić information content (AvgIpc) is 2.86. The van der Waals surface area contributed by atoms with Crippen LogP contribution < -0.4 is 15.3 Å². The summed E-state index contributed by atoms with van der Waals surface area (Å²) >= 11 is 0. The molecule has 0 heterocycles. The van der Waals surface area contributed by atoms with Crippen LogP contribution in [0.1, 0.15) is 87.8 Å². The SMILES string of the molecule is CCCc1cccc(C(=O)[O-])c1.CCCc1cccc(C(=O)[O-])c1.CCCc1cccc(C(=O)[O-])c1.[Al+3]. The first-order chi connectivity index (χ1) is 17.2. The molecule has 0 N–H and O–H groups in total. The molecule has 3 aromatic rings. The summed E-state index contributed by atoms with van der Waals surface area (Å²) in [6.07, 6.45) is 5.83. The number of carbonyl (C=O) groups excluding carboxylic acids is 3. The van der Waals surface area contributed by atoms with E-state index in [-0.39, 0.29) is 34.1 Å². The van der Waals surface area contributed by atoms with Crippen molar-refractivity contribution in [1.82, 2.24) is 0 Å². The predicted molar refractivity (Wildman–Crippen MR) is 140 cm³/mol. The van der Waals surface area contributed by atoms with Gasteiger partial charge in [-0.1, -0.05) is 94.6 Å². The van der Waals surface area contributed by atoms with Crippen molar-refractivity contribution in [3.63, 3.8) is 0 Å². The Bertz CT molecular complexity index is 985. The summed E-state index contributed by atoms with van der Waals surface area (Å²) in [6, 6.07) is 20.7. The molecule has 0 amide bonds. The van der Waals surface area contributed by atoms with E-state index < -0.39 is 17.9 Å². The maximum Gasteiger partial charge on any atom is 3.00 e. The number of hydrogen-bond donors (Lipinski definition) is 0. The molecule has 192 valence electrons. The fourth-order valence-corrected chi connectivity index (χ4v) is 3.43. The molecule has 7 heteroatoms. The first-order valence-electron chi connectivity index (χ1n) is 12.1. The van der Waals surface area contributed by atoms with Crippen LogP contribution >= 0.6 is 0 Å². The normalized spacial score (nSPS) is 9.49. The Morgan fingerprint density at radius 3 is 0.946 bits per heavy atom. The van der Waals surface area contributed by atoms with Crippen molar-refractivity contribution in [1.29, 1.82) is 0 Å². The van der Waals surface area contributed by atoms with E-state index in [1.807, 2.05) is 18.2 Å². The Labute approximate surface area is 230 Å². The third kappa shape index (κ3) is 13.5. The molecule has 0 aromatic heterocycles. The number of aryl methyl sites for hydroxylation is 3. The first kappa shape index (κ1) is 33.6. The van der Waals surface area contributed by atoms with E-state index in [9.17, 15) is 29.7 Å². The van der Waals surface area contributed by atoms with Crippen molar-refractivity contribution >= 4 is 35.3 Å². The van der Waals surface area contributed by atoms with Crippen molar-refractivity contribution in [2.75, 3.05) is 0 Å². The minimum absolute atomic E-state index is 0. The van der Waals surface area contributed by atoms with Crippen LogP contribution in [0.3, 0.4) is 0 Å². The molecule has 3 aromatic carbocycles. The minimum atomic E-state index is -1.10. The van der Waals surface area contributed by atoms with E-state index in [4.69, 9.17) is 0 Å². The maximum atomic E-state index is 10.4. The third-order valence-corrected chi connectivity index (χ3v) is 5.10. The second-order valence-corrected chi connectivity index (χ2v) is 8.21. The Balaban J connectivity index is 0.000000518. The number of hydrogen-bond acceptors (Lipinski definition) is 6. The summed E-state index contributed by atoms with van der Waals surface area (Å²) < 4.78 is 0. The zero-order valence-corrected chi connectivity index (χ0v) is 22.9. The molecule has 3 rings (SSSR count). The summed E-state index contributed by atoms with van der Waals surface area (Å²) in [7, 11) is 0. The van der Waals surface area contributed by atoms with Crippen LogP contribution in [0.4, 0.5) is 0 Å². The summed E-state index contributed by atoms with van der Waals surface area (Å²) in [4.78, 5) is 31.3. The van der Waals surface area contributed by atoms with Crippen LogP contribution in [0.5, 0.6) is 0 Å². The summed E-state index contributed by atoms with van der Waals surface area (Å²) in [5.74, 6) is -3.31. The van der Waals surface area contributed by atoms with Gasteiger partial charge in [-0.2, -0.15) is 0 Å². The molecule has 0 saturated heterocycles. The van der Waals surface area contributed by atoms with Crippen LogP contribution in [-0.4, -0.2) is 35.3 Å². The smallest absolute Gasteiger partial charge is 0.545 e. The van der Waals surface area contributed by atoms with Gasteiger partial charge in [0, 0.05) is 0 Å². The fraction of sp³-hybridized carbons (Fsp3) is 0.300. The Kier molecular flexibility index (Phi) is 17.1. The van der Waals surface area contributed by atoms with E-state index in [1.165, 1.54) is 0 Å². The van der Waals surface area contributed by atoms with Crippen LogP contribution in [0.2, 0.25) is 0 Å². The molecular weight excluding hydrogens is 483 g/mol. The largest absolute Gasteiger partial charge is 3.00 e. The van der Waals surface area contributed by atoms with Crippen LogP contribution in [0.15, 0.2) is 72.8 Å². The van der Waals surface area contributed by atoms with Gasteiger partial charge in [0.25, 0.3) is 0 Å². The van der Waals surface area contributed by atoms with E-state index in [0.717, 1.165) is 55.2 Å². The molecule has 0 unspecified atom stereocenters. The number of rotatable bonds is 9. The van der Waals surface area contributed by atoms with Crippen molar-refractivity contribution < 1.29 is 29.7 Å². The number of carbonyl (C=O) groups is 3. The maximum absolute atomic E-state index is 10.4. The molecule has 0 fully saturated rings. The molecule has 0 aliphatic rings. The van der Waals surface area contributed by atoms with Crippen LogP contribution in [0, 0.1) is 0 Å². The molecule has 0 spiro atoms. The molecule has 0 aliphatic heterocycles. The van der Waals surface area contributed by atoms with Gasteiger partial charge in [-0.3, -0.25) is 0 Å². The van der Waals surface area contributed by atoms with E-state index >= 15 is 0 Å². The molecule has 6 nitrogen and oxygen atoms in total. The van der Waals surface area contributed by atoms with Gasteiger partial charge in [-0.15, -0.1) is 0 Å². The standard InChI is InChI=1S/3C10H12O2.Al/c3*1-2-4-8-5-3-6-9(7-8)10(11)12;/h3*3,5-7H,2,4H2,1H3,(H,11,12);/q;;;+3/p-3. The second kappa shape index (κ2) is 18.8.